The molecule has 17 heavy (non-hydrogen) atoms. The van der Waals surface area contributed by atoms with Crippen LogP contribution < -0.4 is 10.9 Å². The molecule has 1 aromatic heterocycles. The van der Waals surface area contributed by atoms with E-state index in [0.29, 0.717) is 16.4 Å². The second kappa shape index (κ2) is 4.80. The van der Waals surface area contributed by atoms with E-state index in [1.165, 1.54) is 23.9 Å². The summed E-state index contributed by atoms with van der Waals surface area (Å²) in [7, 11) is 0. The Kier molecular flexibility index (Phi) is 3.56. The zero-order valence-electron chi connectivity index (χ0n) is 10.3. The minimum atomic E-state index is -0.0729. The fourth-order valence-electron chi connectivity index (χ4n) is 2.08. The van der Waals surface area contributed by atoms with Gasteiger partial charge in [-0.2, -0.15) is 5.10 Å². The molecule has 1 fully saturated rings. The maximum absolute atomic E-state index is 11.8. The Morgan fingerprint density at radius 2 is 2.29 bits per heavy atom. The number of anilines is 1. The molecule has 2 rings (SSSR count). The smallest absolute Gasteiger partial charge is 0.283 e. The van der Waals surface area contributed by atoms with Crippen molar-refractivity contribution >= 4 is 21.6 Å². The van der Waals surface area contributed by atoms with Gasteiger partial charge in [-0.15, -0.1) is 0 Å². The fraction of sp³-hybridized carbons (Fsp3) is 0.667. The highest BCUT2D eigenvalue weighted by molar-refractivity contribution is 9.10. The van der Waals surface area contributed by atoms with Crippen molar-refractivity contribution in [2.75, 3.05) is 11.9 Å². The van der Waals surface area contributed by atoms with Gasteiger partial charge in [-0.25, -0.2) is 4.68 Å². The van der Waals surface area contributed by atoms with Crippen LogP contribution in [-0.2, 0) is 6.54 Å². The summed E-state index contributed by atoms with van der Waals surface area (Å²) in [6.07, 6.45) is 5.56. The molecule has 1 aliphatic carbocycles. The summed E-state index contributed by atoms with van der Waals surface area (Å²) in [4.78, 5) is 11.8. The molecule has 0 radical (unpaired) electrons. The summed E-state index contributed by atoms with van der Waals surface area (Å²) < 4.78 is 2.03. The summed E-state index contributed by atoms with van der Waals surface area (Å²) in [6, 6.07) is 0. The molecule has 1 saturated carbocycles. The number of hydrogen-bond donors (Lipinski definition) is 1. The average Bonchev–Trinajstić information content (AvgIpc) is 2.29. The maximum atomic E-state index is 11.8. The van der Waals surface area contributed by atoms with Gasteiger partial charge in [-0.1, -0.05) is 13.3 Å². The van der Waals surface area contributed by atoms with Crippen LogP contribution in [0.25, 0.3) is 0 Å². The number of nitrogens with one attached hydrogen (secondary N) is 1. The summed E-state index contributed by atoms with van der Waals surface area (Å²) >= 11 is 3.34. The first kappa shape index (κ1) is 12.6. The molecule has 0 atom stereocenters. The third kappa shape index (κ3) is 2.54. The summed E-state index contributed by atoms with van der Waals surface area (Å²) in [5, 5.41) is 7.44. The molecule has 5 heteroatoms. The van der Waals surface area contributed by atoms with Gasteiger partial charge in [0.25, 0.3) is 5.56 Å². The third-order valence-corrected chi connectivity index (χ3v) is 4.32. The SMILES string of the molecule is CCn1ncc(NCC2(C)CCC2)c(Br)c1=O. The Hall–Kier alpha value is -0.840. The number of aromatic nitrogens is 2. The van der Waals surface area contributed by atoms with Gasteiger partial charge in [0.2, 0.25) is 0 Å². The van der Waals surface area contributed by atoms with Crippen molar-refractivity contribution in [3.05, 3.63) is 21.0 Å². The molecule has 0 aliphatic heterocycles. The second-order valence-corrected chi connectivity index (χ2v) is 5.80. The van der Waals surface area contributed by atoms with Crippen molar-refractivity contribution in [3.8, 4) is 0 Å². The lowest BCUT2D eigenvalue weighted by Gasteiger charge is -2.38. The van der Waals surface area contributed by atoms with Crippen LogP contribution in [0.1, 0.15) is 33.1 Å². The molecule has 0 amide bonds. The first-order valence-corrected chi connectivity index (χ1v) is 6.84. The lowest BCUT2D eigenvalue weighted by atomic mass is 9.70. The van der Waals surface area contributed by atoms with E-state index in [2.05, 4.69) is 33.3 Å². The van der Waals surface area contributed by atoms with E-state index >= 15 is 0 Å². The second-order valence-electron chi connectivity index (χ2n) is 5.01. The lowest BCUT2D eigenvalue weighted by Crippen LogP contribution is -2.34. The molecule has 1 heterocycles. The van der Waals surface area contributed by atoms with Gasteiger partial charge in [0, 0.05) is 13.1 Å². The van der Waals surface area contributed by atoms with Crippen LogP contribution in [0.5, 0.6) is 0 Å². The number of aryl methyl sites for hydroxylation is 1. The monoisotopic (exact) mass is 299 g/mol. The van der Waals surface area contributed by atoms with E-state index in [9.17, 15) is 4.79 Å². The summed E-state index contributed by atoms with van der Waals surface area (Å²) in [6.45, 7) is 5.68. The number of halogens is 1. The van der Waals surface area contributed by atoms with Crippen LogP contribution in [0.2, 0.25) is 0 Å². The van der Waals surface area contributed by atoms with E-state index in [1.54, 1.807) is 6.20 Å². The quantitative estimate of drug-likeness (QED) is 0.930. The zero-order valence-corrected chi connectivity index (χ0v) is 11.9. The van der Waals surface area contributed by atoms with Crippen LogP contribution in [0.4, 0.5) is 5.69 Å². The molecule has 94 valence electrons. The third-order valence-electron chi connectivity index (χ3n) is 3.55. The topological polar surface area (TPSA) is 46.9 Å². The first-order chi connectivity index (χ1) is 8.06. The Morgan fingerprint density at radius 1 is 1.59 bits per heavy atom. The minimum absolute atomic E-state index is 0.0729. The van der Waals surface area contributed by atoms with Gasteiger partial charge < -0.3 is 5.32 Å². The lowest BCUT2D eigenvalue weighted by molar-refractivity contribution is 0.180. The zero-order chi connectivity index (χ0) is 12.5. The number of hydrogen-bond acceptors (Lipinski definition) is 3. The number of nitrogens with zero attached hydrogens (tertiary/aromatic N) is 2. The Morgan fingerprint density at radius 3 is 2.82 bits per heavy atom. The van der Waals surface area contributed by atoms with Crippen molar-refractivity contribution in [3.63, 3.8) is 0 Å². The van der Waals surface area contributed by atoms with Crippen LogP contribution in [0, 0.1) is 5.41 Å². The average molecular weight is 300 g/mol. The van der Waals surface area contributed by atoms with Crippen molar-refractivity contribution in [2.24, 2.45) is 5.41 Å². The first-order valence-electron chi connectivity index (χ1n) is 6.05. The molecular weight excluding hydrogens is 282 g/mol. The van der Waals surface area contributed by atoms with E-state index in [-0.39, 0.29) is 5.56 Å². The standard InChI is InChI=1S/C12H18BrN3O/c1-3-16-11(17)10(13)9(7-15-16)14-8-12(2)5-4-6-12/h7,14H,3-6,8H2,1-2H3. The van der Waals surface area contributed by atoms with Crippen molar-refractivity contribution in [1.82, 2.24) is 9.78 Å². The Labute approximate surface area is 110 Å². The summed E-state index contributed by atoms with van der Waals surface area (Å²) in [5.74, 6) is 0. The summed E-state index contributed by atoms with van der Waals surface area (Å²) in [5.41, 5.74) is 1.11. The molecular formula is C12H18BrN3O. The minimum Gasteiger partial charge on any atom is -0.382 e. The van der Waals surface area contributed by atoms with Gasteiger partial charge in [0.15, 0.2) is 0 Å². The molecule has 1 N–H and O–H groups in total. The van der Waals surface area contributed by atoms with Crippen LogP contribution in [0.15, 0.2) is 15.5 Å². The van der Waals surface area contributed by atoms with E-state index in [4.69, 9.17) is 0 Å². The molecule has 4 nitrogen and oxygen atoms in total. The van der Waals surface area contributed by atoms with E-state index in [0.717, 1.165) is 12.2 Å². The molecule has 0 aromatic carbocycles. The molecule has 0 saturated heterocycles. The van der Waals surface area contributed by atoms with Gasteiger partial charge in [0.05, 0.1) is 11.9 Å². The normalized spacial score (nSPS) is 17.6. The Balaban J connectivity index is 2.11. The van der Waals surface area contributed by atoms with Crippen LogP contribution in [-0.4, -0.2) is 16.3 Å². The molecule has 0 spiro atoms. The predicted octanol–water partition coefficient (Wildman–Crippen LogP) is 2.63. The molecule has 0 bridgehead atoms. The van der Waals surface area contributed by atoms with E-state index < -0.39 is 0 Å². The van der Waals surface area contributed by atoms with Gasteiger partial charge in [-0.05, 0) is 41.1 Å². The molecule has 1 aliphatic rings. The Bertz CT molecular complexity index is 465. The number of rotatable bonds is 4. The maximum Gasteiger partial charge on any atom is 0.283 e. The van der Waals surface area contributed by atoms with Gasteiger partial charge in [0.1, 0.15) is 4.47 Å². The van der Waals surface area contributed by atoms with Crippen LogP contribution >= 0.6 is 15.9 Å². The van der Waals surface area contributed by atoms with Gasteiger partial charge >= 0.3 is 0 Å². The van der Waals surface area contributed by atoms with Crippen molar-refractivity contribution in [1.29, 1.82) is 0 Å². The highest BCUT2D eigenvalue weighted by atomic mass is 79.9. The predicted molar refractivity (Wildman–Crippen MR) is 72.3 cm³/mol. The van der Waals surface area contributed by atoms with E-state index in [1.807, 2.05) is 6.92 Å². The highest BCUT2D eigenvalue weighted by Crippen LogP contribution is 2.40. The highest BCUT2D eigenvalue weighted by Gasteiger charge is 2.31. The largest absolute Gasteiger partial charge is 0.382 e. The molecule has 0 unspecified atom stereocenters. The molecule has 1 aromatic rings. The van der Waals surface area contributed by atoms with Crippen molar-refractivity contribution in [2.45, 2.75) is 39.7 Å². The van der Waals surface area contributed by atoms with Gasteiger partial charge in [-0.3, -0.25) is 4.79 Å². The fourth-order valence-corrected chi connectivity index (χ4v) is 2.53. The van der Waals surface area contributed by atoms with Crippen LogP contribution in [0.3, 0.4) is 0 Å². The van der Waals surface area contributed by atoms with Crippen molar-refractivity contribution < 1.29 is 0 Å².